The number of rotatable bonds is 3. The Morgan fingerprint density at radius 2 is 2.06 bits per heavy atom. The largest absolute Gasteiger partial charge is 0.330 e. The monoisotopic (exact) mass is 217 g/mol. The molecule has 0 aliphatic carbocycles. The molecule has 2 rings (SSSR count). The quantitative estimate of drug-likeness (QED) is 0.840. The number of halogens is 1. The molecule has 0 aromatic heterocycles. The van der Waals surface area contributed by atoms with Gasteiger partial charge in [0, 0.05) is 0 Å². The van der Waals surface area contributed by atoms with Crippen LogP contribution in [0.2, 0.25) is 0 Å². The average molecular weight is 217 g/mol. The lowest BCUT2D eigenvalue weighted by Gasteiger charge is -2.11. The van der Waals surface area contributed by atoms with E-state index in [1.54, 1.807) is 6.07 Å². The topological polar surface area (TPSA) is 26.0 Å². The van der Waals surface area contributed by atoms with Gasteiger partial charge >= 0.3 is 0 Å². The lowest BCUT2D eigenvalue weighted by atomic mass is 9.96. The van der Waals surface area contributed by atoms with Gasteiger partial charge in [-0.1, -0.05) is 31.2 Å². The molecule has 0 saturated carbocycles. The molecule has 2 heteroatoms. The van der Waals surface area contributed by atoms with Crippen LogP contribution < -0.4 is 5.73 Å². The molecule has 0 aliphatic rings. The second kappa shape index (κ2) is 4.62. The Morgan fingerprint density at radius 3 is 2.81 bits per heavy atom. The Balaban J connectivity index is 2.47. The third-order valence-corrected chi connectivity index (χ3v) is 2.91. The fourth-order valence-electron chi connectivity index (χ4n) is 1.95. The second-order valence-electron chi connectivity index (χ2n) is 4.33. The second-order valence-corrected chi connectivity index (χ2v) is 4.33. The Labute approximate surface area is 95.1 Å². The van der Waals surface area contributed by atoms with Crippen molar-refractivity contribution < 1.29 is 4.39 Å². The van der Waals surface area contributed by atoms with Gasteiger partial charge in [0.15, 0.2) is 0 Å². The van der Waals surface area contributed by atoms with Crippen molar-refractivity contribution in [2.75, 3.05) is 6.54 Å². The summed E-state index contributed by atoms with van der Waals surface area (Å²) in [7, 11) is 0. The van der Waals surface area contributed by atoms with Gasteiger partial charge in [-0.05, 0) is 47.4 Å². The van der Waals surface area contributed by atoms with Crippen molar-refractivity contribution in [3.8, 4) is 0 Å². The summed E-state index contributed by atoms with van der Waals surface area (Å²) in [5, 5.41) is 2.09. The molecule has 0 fully saturated rings. The summed E-state index contributed by atoms with van der Waals surface area (Å²) < 4.78 is 13.2. The van der Waals surface area contributed by atoms with Crippen LogP contribution in [0.4, 0.5) is 4.39 Å². The Bertz CT molecular complexity index is 493. The van der Waals surface area contributed by atoms with E-state index in [0.717, 1.165) is 17.2 Å². The molecule has 1 unspecified atom stereocenters. The van der Waals surface area contributed by atoms with Crippen molar-refractivity contribution in [2.24, 2.45) is 11.7 Å². The van der Waals surface area contributed by atoms with Crippen molar-refractivity contribution in [3.05, 3.63) is 47.8 Å². The SMILES string of the molecule is CC(CN)Cc1cccc2ccc(F)cc12. The van der Waals surface area contributed by atoms with Gasteiger partial charge in [0.25, 0.3) is 0 Å². The summed E-state index contributed by atoms with van der Waals surface area (Å²) in [5.74, 6) is 0.245. The highest BCUT2D eigenvalue weighted by molar-refractivity contribution is 5.85. The van der Waals surface area contributed by atoms with E-state index in [1.807, 2.05) is 24.3 Å². The Morgan fingerprint density at radius 1 is 1.25 bits per heavy atom. The van der Waals surface area contributed by atoms with Gasteiger partial charge in [-0.25, -0.2) is 4.39 Å². The van der Waals surface area contributed by atoms with Gasteiger partial charge in [-0.2, -0.15) is 0 Å². The van der Waals surface area contributed by atoms with Gasteiger partial charge < -0.3 is 5.73 Å². The highest BCUT2D eigenvalue weighted by Gasteiger charge is 2.06. The highest BCUT2D eigenvalue weighted by atomic mass is 19.1. The van der Waals surface area contributed by atoms with Crippen molar-refractivity contribution in [1.29, 1.82) is 0 Å². The molecule has 0 bridgehead atoms. The van der Waals surface area contributed by atoms with E-state index in [9.17, 15) is 4.39 Å². The smallest absolute Gasteiger partial charge is 0.123 e. The molecular formula is C14H16FN. The van der Waals surface area contributed by atoms with E-state index < -0.39 is 0 Å². The summed E-state index contributed by atoms with van der Waals surface area (Å²) in [4.78, 5) is 0. The van der Waals surface area contributed by atoms with Crippen LogP contribution >= 0.6 is 0 Å². The van der Waals surface area contributed by atoms with Crippen LogP contribution in [0.5, 0.6) is 0 Å². The normalized spacial score (nSPS) is 12.9. The summed E-state index contributed by atoms with van der Waals surface area (Å²) in [5.41, 5.74) is 6.80. The minimum atomic E-state index is -0.180. The molecule has 0 amide bonds. The lowest BCUT2D eigenvalue weighted by molar-refractivity contribution is 0.594. The minimum Gasteiger partial charge on any atom is -0.330 e. The minimum absolute atomic E-state index is 0.180. The molecule has 0 saturated heterocycles. The molecule has 16 heavy (non-hydrogen) atoms. The molecule has 0 spiro atoms. The van der Waals surface area contributed by atoms with Crippen LogP contribution in [0.3, 0.4) is 0 Å². The average Bonchev–Trinajstić information content (AvgIpc) is 2.29. The molecule has 0 radical (unpaired) electrons. The lowest BCUT2D eigenvalue weighted by Crippen LogP contribution is -2.13. The maximum absolute atomic E-state index is 13.2. The highest BCUT2D eigenvalue weighted by Crippen LogP contribution is 2.22. The molecule has 0 heterocycles. The van der Waals surface area contributed by atoms with E-state index in [1.165, 1.54) is 11.6 Å². The standard InChI is InChI=1S/C14H16FN/c1-10(9-16)7-12-4-2-3-11-5-6-13(15)8-14(11)12/h2-6,8,10H,7,9,16H2,1H3. The third-order valence-electron chi connectivity index (χ3n) is 2.91. The van der Waals surface area contributed by atoms with Crippen molar-refractivity contribution in [1.82, 2.24) is 0 Å². The summed E-state index contributed by atoms with van der Waals surface area (Å²) in [6, 6.07) is 11.0. The van der Waals surface area contributed by atoms with Crippen LogP contribution in [0.15, 0.2) is 36.4 Å². The van der Waals surface area contributed by atoms with E-state index in [-0.39, 0.29) is 5.82 Å². The third kappa shape index (κ3) is 2.22. The summed E-state index contributed by atoms with van der Waals surface area (Å²) in [6.07, 6.45) is 0.900. The molecular weight excluding hydrogens is 201 g/mol. The molecule has 2 N–H and O–H groups in total. The Kier molecular flexibility index (Phi) is 3.20. The first-order valence-corrected chi connectivity index (χ1v) is 5.58. The zero-order valence-corrected chi connectivity index (χ0v) is 9.41. The molecule has 2 aromatic rings. The fraction of sp³-hybridized carbons (Fsp3) is 0.286. The van der Waals surface area contributed by atoms with Crippen molar-refractivity contribution >= 4 is 10.8 Å². The van der Waals surface area contributed by atoms with Crippen molar-refractivity contribution in [3.63, 3.8) is 0 Å². The number of nitrogens with two attached hydrogens (primary N) is 1. The molecule has 1 nitrogen and oxygen atoms in total. The van der Waals surface area contributed by atoms with Gasteiger partial charge in [0.1, 0.15) is 5.82 Å². The van der Waals surface area contributed by atoms with Crippen LogP contribution in [0.1, 0.15) is 12.5 Å². The molecule has 0 aliphatic heterocycles. The van der Waals surface area contributed by atoms with Crippen LogP contribution in [0.25, 0.3) is 10.8 Å². The zero-order valence-electron chi connectivity index (χ0n) is 9.41. The maximum atomic E-state index is 13.2. The summed E-state index contributed by atoms with van der Waals surface area (Å²) >= 11 is 0. The first-order valence-electron chi connectivity index (χ1n) is 5.58. The predicted octanol–water partition coefficient (Wildman–Crippen LogP) is 3.12. The Hall–Kier alpha value is -1.41. The predicted molar refractivity (Wildman–Crippen MR) is 65.8 cm³/mol. The van der Waals surface area contributed by atoms with Gasteiger partial charge in [0.2, 0.25) is 0 Å². The molecule has 2 aromatic carbocycles. The molecule has 84 valence electrons. The zero-order chi connectivity index (χ0) is 11.5. The van der Waals surface area contributed by atoms with Gasteiger partial charge in [-0.3, -0.25) is 0 Å². The van der Waals surface area contributed by atoms with Gasteiger partial charge in [0.05, 0.1) is 0 Å². The van der Waals surface area contributed by atoms with Gasteiger partial charge in [-0.15, -0.1) is 0 Å². The van der Waals surface area contributed by atoms with Crippen LogP contribution in [-0.2, 0) is 6.42 Å². The number of hydrogen-bond acceptors (Lipinski definition) is 1. The molecule has 1 atom stereocenters. The van der Waals surface area contributed by atoms with Crippen molar-refractivity contribution in [2.45, 2.75) is 13.3 Å². The van der Waals surface area contributed by atoms with Crippen LogP contribution in [0, 0.1) is 11.7 Å². The van der Waals surface area contributed by atoms with E-state index in [0.29, 0.717) is 12.5 Å². The summed E-state index contributed by atoms with van der Waals surface area (Å²) in [6.45, 7) is 2.77. The number of benzene rings is 2. The maximum Gasteiger partial charge on any atom is 0.123 e. The fourth-order valence-corrected chi connectivity index (χ4v) is 1.95. The number of fused-ring (bicyclic) bond motifs is 1. The first-order chi connectivity index (χ1) is 7.70. The van der Waals surface area contributed by atoms with E-state index in [2.05, 4.69) is 6.92 Å². The van der Waals surface area contributed by atoms with E-state index >= 15 is 0 Å². The van der Waals surface area contributed by atoms with Crippen LogP contribution in [-0.4, -0.2) is 6.54 Å². The first kappa shape index (κ1) is 11.1. The number of hydrogen-bond donors (Lipinski definition) is 1. The van der Waals surface area contributed by atoms with E-state index in [4.69, 9.17) is 5.73 Å².